The van der Waals surface area contributed by atoms with Crippen molar-refractivity contribution in [1.29, 1.82) is 0 Å². The van der Waals surface area contributed by atoms with E-state index < -0.39 is 5.97 Å². The summed E-state index contributed by atoms with van der Waals surface area (Å²) in [6.07, 6.45) is 2.71. The van der Waals surface area contributed by atoms with Crippen LogP contribution < -0.4 is 9.47 Å². The van der Waals surface area contributed by atoms with Crippen LogP contribution in [0.1, 0.15) is 10.5 Å². The molecule has 0 saturated carbocycles. The Morgan fingerprint density at radius 1 is 1.33 bits per heavy atom. The molecule has 0 bridgehead atoms. The zero-order valence-corrected chi connectivity index (χ0v) is 9.95. The standard InChI is InChI=1S/C12H12N2O4/c1-17-8-3-4-9(11(5-8)18-2)14-7-13-6-10(14)12(15)16/h3-7H,1-2H3,(H,15,16). The molecule has 1 aromatic carbocycles. The number of methoxy groups -OCH3 is 2. The van der Waals surface area contributed by atoms with Crippen LogP contribution in [-0.4, -0.2) is 34.8 Å². The summed E-state index contributed by atoms with van der Waals surface area (Å²) in [4.78, 5) is 14.9. The predicted octanol–water partition coefficient (Wildman–Crippen LogP) is 1.59. The van der Waals surface area contributed by atoms with Crippen LogP contribution in [-0.2, 0) is 0 Å². The molecule has 94 valence electrons. The molecule has 0 saturated heterocycles. The first-order valence-corrected chi connectivity index (χ1v) is 5.15. The highest BCUT2D eigenvalue weighted by atomic mass is 16.5. The highest BCUT2D eigenvalue weighted by molar-refractivity contribution is 5.86. The number of imidazole rings is 1. The number of carboxylic acids is 1. The first-order chi connectivity index (χ1) is 8.67. The lowest BCUT2D eigenvalue weighted by Crippen LogP contribution is -2.07. The minimum Gasteiger partial charge on any atom is -0.497 e. The van der Waals surface area contributed by atoms with E-state index in [1.807, 2.05) is 0 Å². The SMILES string of the molecule is COc1ccc(-n2cncc2C(=O)O)c(OC)c1. The van der Waals surface area contributed by atoms with Crippen molar-refractivity contribution in [2.75, 3.05) is 14.2 Å². The van der Waals surface area contributed by atoms with Crippen molar-refractivity contribution >= 4 is 5.97 Å². The van der Waals surface area contributed by atoms with Gasteiger partial charge in [-0.25, -0.2) is 9.78 Å². The summed E-state index contributed by atoms with van der Waals surface area (Å²) in [6.45, 7) is 0. The molecule has 0 unspecified atom stereocenters. The Labute approximate surface area is 103 Å². The maximum absolute atomic E-state index is 11.1. The van der Waals surface area contributed by atoms with E-state index in [-0.39, 0.29) is 5.69 Å². The van der Waals surface area contributed by atoms with Crippen LogP contribution in [0.3, 0.4) is 0 Å². The average molecular weight is 248 g/mol. The largest absolute Gasteiger partial charge is 0.497 e. The number of carbonyl (C=O) groups is 1. The number of hydrogen-bond donors (Lipinski definition) is 1. The molecule has 2 rings (SSSR count). The molecular formula is C12H12N2O4. The van der Waals surface area contributed by atoms with Gasteiger partial charge in [0.05, 0.1) is 32.4 Å². The maximum atomic E-state index is 11.1. The Morgan fingerprint density at radius 3 is 2.72 bits per heavy atom. The van der Waals surface area contributed by atoms with Gasteiger partial charge in [0.2, 0.25) is 0 Å². The molecule has 1 heterocycles. The average Bonchev–Trinajstić information content (AvgIpc) is 2.87. The highest BCUT2D eigenvalue weighted by Gasteiger charge is 2.15. The Bertz CT molecular complexity index is 577. The van der Waals surface area contributed by atoms with E-state index in [1.54, 1.807) is 25.3 Å². The minimum atomic E-state index is -1.05. The van der Waals surface area contributed by atoms with Crippen LogP contribution in [0.4, 0.5) is 0 Å². The van der Waals surface area contributed by atoms with Crippen molar-refractivity contribution in [1.82, 2.24) is 9.55 Å². The third-order valence-electron chi connectivity index (χ3n) is 2.50. The first kappa shape index (κ1) is 12.0. The molecule has 6 heteroatoms. The molecule has 0 aliphatic carbocycles. The Hall–Kier alpha value is -2.50. The minimum absolute atomic E-state index is 0.0680. The lowest BCUT2D eigenvalue weighted by molar-refractivity contribution is 0.0688. The van der Waals surface area contributed by atoms with Gasteiger partial charge >= 0.3 is 5.97 Å². The van der Waals surface area contributed by atoms with Crippen LogP contribution in [0.25, 0.3) is 5.69 Å². The van der Waals surface area contributed by atoms with Gasteiger partial charge in [-0.2, -0.15) is 0 Å². The van der Waals surface area contributed by atoms with Crippen LogP contribution in [0.15, 0.2) is 30.7 Å². The second-order valence-electron chi connectivity index (χ2n) is 3.49. The number of rotatable bonds is 4. The van der Waals surface area contributed by atoms with Crippen molar-refractivity contribution < 1.29 is 19.4 Å². The summed E-state index contributed by atoms with van der Waals surface area (Å²) in [5, 5.41) is 9.05. The molecule has 1 aromatic heterocycles. The Morgan fingerprint density at radius 2 is 2.11 bits per heavy atom. The summed E-state index contributed by atoms with van der Waals surface area (Å²) >= 11 is 0. The van der Waals surface area contributed by atoms with Gasteiger partial charge in [0.15, 0.2) is 5.69 Å². The van der Waals surface area contributed by atoms with E-state index in [0.717, 1.165) is 0 Å². The molecular weight excluding hydrogens is 236 g/mol. The van der Waals surface area contributed by atoms with Gasteiger partial charge in [0.1, 0.15) is 11.5 Å². The maximum Gasteiger partial charge on any atom is 0.354 e. The number of carboxylic acid groups (broad SMARTS) is 1. The van der Waals surface area contributed by atoms with Gasteiger partial charge in [-0.1, -0.05) is 0 Å². The highest BCUT2D eigenvalue weighted by Crippen LogP contribution is 2.28. The van der Waals surface area contributed by atoms with Crippen LogP contribution >= 0.6 is 0 Å². The smallest absolute Gasteiger partial charge is 0.354 e. The molecule has 18 heavy (non-hydrogen) atoms. The summed E-state index contributed by atoms with van der Waals surface area (Å²) < 4.78 is 11.8. The summed E-state index contributed by atoms with van der Waals surface area (Å²) in [7, 11) is 3.06. The zero-order chi connectivity index (χ0) is 13.1. The molecule has 0 fully saturated rings. The fourth-order valence-corrected chi connectivity index (χ4v) is 1.63. The zero-order valence-electron chi connectivity index (χ0n) is 9.95. The van der Waals surface area contributed by atoms with Crippen molar-refractivity contribution in [3.63, 3.8) is 0 Å². The molecule has 0 radical (unpaired) electrons. The molecule has 0 spiro atoms. The van der Waals surface area contributed by atoms with E-state index in [1.165, 1.54) is 24.2 Å². The second-order valence-corrected chi connectivity index (χ2v) is 3.49. The third kappa shape index (κ3) is 2.00. The molecule has 0 aliphatic heterocycles. The normalized spacial score (nSPS) is 10.1. The summed E-state index contributed by atoms with van der Waals surface area (Å²) in [5.74, 6) is 0.0906. The molecule has 1 N–H and O–H groups in total. The molecule has 6 nitrogen and oxygen atoms in total. The fourth-order valence-electron chi connectivity index (χ4n) is 1.63. The van der Waals surface area contributed by atoms with Crippen molar-refractivity contribution in [2.24, 2.45) is 0 Å². The van der Waals surface area contributed by atoms with Crippen LogP contribution in [0, 0.1) is 0 Å². The van der Waals surface area contributed by atoms with E-state index in [0.29, 0.717) is 17.2 Å². The molecule has 0 amide bonds. The van der Waals surface area contributed by atoms with Crippen LogP contribution in [0.2, 0.25) is 0 Å². The van der Waals surface area contributed by atoms with Gasteiger partial charge in [0, 0.05) is 6.07 Å². The lowest BCUT2D eigenvalue weighted by atomic mass is 10.2. The number of aromatic carboxylic acids is 1. The van der Waals surface area contributed by atoms with Crippen molar-refractivity contribution in [3.05, 3.63) is 36.4 Å². The van der Waals surface area contributed by atoms with E-state index in [4.69, 9.17) is 14.6 Å². The van der Waals surface area contributed by atoms with Crippen molar-refractivity contribution in [3.8, 4) is 17.2 Å². The quantitative estimate of drug-likeness (QED) is 0.889. The Kier molecular flexibility index (Phi) is 3.18. The number of hydrogen-bond acceptors (Lipinski definition) is 4. The van der Waals surface area contributed by atoms with Gasteiger partial charge < -0.3 is 14.6 Å². The summed E-state index contributed by atoms with van der Waals surface area (Å²) in [5.41, 5.74) is 0.659. The number of aromatic nitrogens is 2. The van der Waals surface area contributed by atoms with Crippen molar-refractivity contribution in [2.45, 2.75) is 0 Å². The second kappa shape index (κ2) is 4.79. The number of ether oxygens (including phenoxy) is 2. The number of benzene rings is 1. The number of nitrogens with zero attached hydrogens (tertiary/aromatic N) is 2. The summed E-state index contributed by atoms with van der Waals surface area (Å²) in [6, 6.07) is 5.12. The van der Waals surface area contributed by atoms with Crippen LogP contribution in [0.5, 0.6) is 11.5 Å². The molecule has 2 aromatic rings. The van der Waals surface area contributed by atoms with E-state index in [9.17, 15) is 4.79 Å². The van der Waals surface area contributed by atoms with E-state index in [2.05, 4.69) is 4.98 Å². The topological polar surface area (TPSA) is 73.6 Å². The monoisotopic (exact) mass is 248 g/mol. The first-order valence-electron chi connectivity index (χ1n) is 5.15. The fraction of sp³-hybridized carbons (Fsp3) is 0.167. The van der Waals surface area contributed by atoms with Gasteiger partial charge in [-0.3, -0.25) is 4.57 Å². The lowest BCUT2D eigenvalue weighted by Gasteiger charge is -2.12. The van der Waals surface area contributed by atoms with Gasteiger partial charge in [0.25, 0.3) is 0 Å². The predicted molar refractivity (Wildman–Crippen MR) is 63.6 cm³/mol. The van der Waals surface area contributed by atoms with Gasteiger partial charge in [-0.15, -0.1) is 0 Å². The third-order valence-corrected chi connectivity index (χ3v) is 2.50. The molecule has 0 aliphatic rings. The Balaban J connectivity index is 2.56. The van der Waals surface area contributed by atoms with Gasteiger partial charge in [-0.05, 0) is 12.1 Å². The van der Waals surface area contributed by atoms with E-state index >= 15 is 0 Å². The molecule has 0 atom stereocenters.